The zero-order valence-corrected chi connectivity index (χ0v) is 21.5. The second-order valence-electron chi connectivity index (χ2n) is 8.95. The molecular weight excluding hydrogens is 504 g/mol. The number of nitrogens with zero attached hydrogens (tertiary/aromatic N) is 1. The fourth-order valence-electron chi connectivity index (χ4n) is 3.44. The molecule has 0 radical (unpaired) electrons. The molecule has 0 aromatic heterocycles. The number of hydrogen-bond acceptors (Lipinski definition) is 3. The van der Waals surface area contributed by atoms with Crippen molar-refractivity contribution in [1.29, 1.82) is 0 Å². The molecule has 5 nitrogen and oxygen atoms in total. The van der Waals surface area contributed by atoms with E-state index in [1.54, 1.807) is 19.1 Å². The molecule has 1 N–H and O–H groups in total. The topological polar surface area (TPSA) is 58.6 Å². The van der Waals surface area contributed by atoms with Crippen LogP contribution >= 0.6 is 27.5 Å². The van der Waals surface area contributed by atoms with Gasteiger partial charge in [-0.15, -0.1) is 0 Å². The van der Waals surface area contributed by atoms with Gasteiger partial charge in [-0.05, 0) is 78.2 Å². The van der Waals surface area contributed by atoms with Crippen LogP contribution in [0.5, 0.6) is 5.75 Å². The number of hydrogen-bond donors (Lipinski definition) is 1. The van der Waals surface area contributed by atoms with Gasteiger partial charge in [0.15, 0.2) is 6.61 Å². The maximum Gasteiger partial charge on any atom is 0.261 e. The SMILES string of the molecule is C[C@@H](C(=O)NC(C)(C)C)N(Cc1cccc(Cl)c1)C(=O)COc1ccc2ccccc2c1Br. The molecule has 0 aliphatic rings. The first-order valence-electron chi connectivity index (χ1n) is 10.7. The highest BCUT2D eigenvalue weighted by Gasteiger charge is 2.29. The van der Waals surface area contributed by atoms with Gasteiger partial charge in [0.25, 0.3) is 5.91 Å². The van der Waals surface area contributed by atoms with Crippen LogP contribution in [0.15, 0.2) is 65.1 Å². The number of halogens is 2. The van der Waals surface area contributed by atoms with E-state index in [9.17, 15) is 9.59 Å². The molecule has 3 rings (SSSR count). The van der Waals surface area contributed by atoms with Crippen LogP contribution in [-0.4, -0.2) is 34.9 Å². The lowest BCUT2D eigenvalue weighted by molar-refractivity contribution is -0.142. The standard InChI is InChI=1S/C26H28BrClN2O3/c1-17(25(32)29-26(2,3)4)30(15-18-8-7-10-20(28)14-18)23(31)16-33-22-13-12-19-9-5-6-11-21(19)24(22)27/h5-14,17H,15-16H2,1-4H3,(H,29,32)/t17-/m0/s1. The molecule has 0 aliphatic heterocycles. The number of fused-ring (bicyclic) bond motifs is 1. The number of carbonyl (C=O) groups excluding carboxylic acids is 2. The summed E-state index contributed by atoms with van der Waals surface area (Å²) < 4.78 is 6.67. The number of rotatable bonds is 7. The number of ether oxygens (including phenoxy) is 1. The van der Waals surface area contributed by atoms with E-state index in [-0.39, 0.29) is 25.0 Å². The van der Waals surface area contributed by atoms with Gasteiger partial charge in [0.2, 0.25) is 5.91 Å². The van der Waals surface area contributed by atoms with Crippen LogP contribution in [0.3, 0.4) is 0 Å². The highest BCUT2D eigenvalue weighted by molar-refractivity contribution is 9.10. The molecule has 0 aliphatic carbocycles. The Bertz CT molecular complexity index is 1160. The van der Waals surface area contributed by atoms with Crippen LogP contribution in [-0.2, 0) is 16.1 Å². The van der Waals surface area contributed by atoms with Crippen molar-refractivity contribution < 1.29 is 14.3 Å². The van der Waals surface area contributed by atoms with Crippen molar-refractivity contribution >= 4 is 50.1 Å². The van der Waals surface area contributed by atoms with Gasteiger partial charge in [-0.2, -0.15) is 0 Å². The van der Waals surface area contributed by atoms with Crippen molar-refractivity contribution in [2.75, 3.05) is 6.61 Å². The quantitative estimate of drug-likeness (QED) is 0.409. The van der Waals surface area contributed by atoms with Crippen molar-refractivity contribution in [2.45, 2.75) is 45.8 Å². The summed E-state index contributed by atoms with van der Waals surface area (Å²) in [6.07, 6.45) is 0. The Kier molecular flexibility index (Phi) is 8.03. The fraction of sp³-hybridized carbons (Fsp3) is 0.308. The molecule has 3 aromatic rings. The molecule has 0 bridgehead atoms. The molecule has 0 unspecified atom stereocenters. The maximum absolute atomic E-state index is 13.3. The molecule has 0 saturated heterocycles. The fourth-order valence-corrected chi connectivity index (χ4v) is 4.26. The number of carbonyl (C=O) groups is 2. The van der Waals surface area contributed by atoms with Gasteiger partial charge in [0.1, 0.15) is 11.8 Å². The first kappa shape index (κ1) is 25.1. The van der Waals surface area contributed by atoms with E-state index in [0.29, 0.717) is 10.8 Å². The molecule has 0 heterocycles. The maximum atomic E-state index is 13.3. The van der Waals surface area contributed by atoms with Crippen molar-refractivity contribution in [1.82, 2.24) is 10.2 Å². The van der Waals surface area contributed by atoms with Gasteiger partial charge < -0.3 is 15.0 Å². The van der Waals surface area contributed by atoms with Crippen LogP contribution in [0.4, 0.5) is 0 Å². The predicted molar refractivity (Wildman–Crippen MR) is 137 cm³/mol. The Balaban J connectivity index is 1.81. The minimum Gasteiger partial charge on any atom is -0.483 e. The highest BCUT2D eigenvalue weighted by Crippen LogP contribution is 2.33. The molecule has 0 fully saturated rings. The average Bonchev–Trinajstić information content (AvgIpc) is 2.75. The van der Waals surface area contributed by atoms with Gasteiger partial charge in [0.05, 0.1) is 4.47 Å². The van der Waals surface area contributed by atoms with E-state index in [1.165, 1.54) is 4.90 Å². The van der Waals surface area contributed by atoms with E-state index in [4.69, 9.17) is 16.3 Å². The number of amides is 2. The smallest absolute Gasteiger partial charge is 0.261 e. The van der Waals surface area contributed by atoms with E-state index in [1.807, 2.05) is 69.3 Å². The van der Waals surface area contributed by atoms with Gasteiger partial charge in [-0.3, -0.25) is 9.59 Å². The van der Waals surface area contributed by atoms with Crippen molar-refractivity contribution in [3.05, 3.63) is 75.7 Å². The summed E-state index contributed by atoms with van der Waals surface area (Å²) >= 11 is 9.72. The molecular formula is C26H28BrClN2O3. The largest absolute Gasteiger partial charge is 0.483 e. The normalized spacial score (nSPS) is 12.3. The molecule has 33 heavy (non-hydrogen) atoms. The lowest BCUT2D eigenvalue weighted by Crippen LogP contribution is -2.53. The molecule has 3 aromatic carbocycles. The van der Waals surface area contributed by atoms with Crippen molar-refractivity contribution in [2.24, 2.45) is 0 Å². The summed E-state index contributed by atoms with van der Waals surface area (Å²) in [4.78, 5) is 27.6. The summed E-state index contributed by atoms with van der Waals surface area (Å²) in [7, 11) is 0. The summed E-state index contributed by atoms with van der Waals surface area (Å²) in [5.41, 5.74) is 0.418. The molecule has 1 atom stereocenters. The number of benzene rings is 3. The minimum absolute atomic E-state index is 0.204. The highest BCUT2D eigenvalue weighted by atomic mass is 79.9. The molecule has 0 saturated carbocycles. The Hall–Kier alpha value is -2.57. The van der Waals surface area contributed by atoms with Crippen LogP contribution in [0.2, 0.25) is 5.02 Å². The molecule has 7 heteroatoms. The Morgan fingerprint density at radius 1 is 1.09 bits per heavy atom. The lowest BCUT2D eigenvalue weighted by Gasteiger charge is -2.31. The van der Waals surface area contributed by atoms with Crippen LogP contribution < -0.4 is 10.1 Å². The summed E-state index contributed by atoms with van der Waals surface area (Å²) in [5, 5.41) is 5.58. The third-order valence-electron chi connectivity index (χ3n) is 5.09. The third-order valence-corrected chi connectivity index (χ3v) is 6.14. The lowest BCUT2D eigenvalue weighted by atomic mass is 10.1. The summed E-state index contributed by atoms with van der Waals surface area (Å²) in [5.74, 6) is 0.0351. The first-order chi connectivity index (χ1) is 15.5. The Morgan fingerprint density at radius 2 is 1.82 bits per heavy atom. The van der Waals surface area contributed by atoms with Crippen LogP contribution in [0.1, 0.15) is 33.3 Å². The summed E-state index contributed by atoms with van der Waals surface area (Å²) in [6, 6.07) is 18.3. The van der Waals surface area contributed by atoms with Gasteiger partial charge in [-0.25, -0.2) is 0 Å². The molecule has 2 amide bonds. The van der Waals surface area contributed by atoms with Gasteiger partial charge in [-0.1, -0.05) is 54.1 Å². The van der Waals surface area contributed by atoms with Crippen LogP contribution in [0, 0.1) is 0 Å². The predicted octanol–water partition coefficient (Wildman–Crippen LogP) is 5.97. The van der Waals surface area contributed by atoms with Crippen molar-refractivity contribution in [3.63, 3.8) is 0 Å². The van der Waals surface area contributed by atoms with Crippen LogP contribution in [0.25, 0.3) is 10.8 Å². The van der Waals surface area contributed by atoms with Gasteiger partial charge >= 0.3 is 0 Å². The Morgan fingerprint density at radius 3 is 2.52 bits per heavy atom. The Labute approximate surface area is 208 Å². The second-order valence-corrected chi connectivity index (χ2v) is 10.2. The van der Waals surface area contributed by atoms with Crippen molar-refractivity contribution in [3.8, 4) is 5.75 Å². The third kappa shape index (κ3) is 6.71. The average molecular weight is 532 g/mol. The first-order valence-corrected chi connectivity index (χ1v) is 11.9. The van der Waals surface area contributed by atoms with E-state index in [2.05, 4.69) is 21.2 Å². The van der Waals surface area contributed by atoms with E-state index in [0.717, 1.165) is 20.8 Å². The zero-order valence-electron chi connectivity index (χ0n) is 19.2. The van der Waals surface area contributed by atoms with E-state index >= 15 is 0 Å². The van der Waals surface area contributed by atoms with E-state index < -0.39 is 11.6 Å². The van der Waals surface area contributed by atoms with Gasteiger partial charge in [0, 0.05) is 17.1 Å². The molecule has 174 valence electrons. The second kappa shape index (κ2) is 10.6. The minimum atomic E-state index is -0.695. The number of nitrogens with one attached hydrogen (secondary N) is 1. The summed E-state index contributed by atoms with van der Waals surface area (Å²) in [6.45, 7) is 7.46. The monoisotopic (exact) mass is 530 g/mol. The molecule has 0 spiro atoms. The zero-order chi connectivity index (χ0) is 24.2.